The number of amides is 1. The van der Waals surface area contributed by atoms with Crippen molar-refractivity contribution in [1.29, 1.82) is 0 Å². The molecule has 0 bridgehead atoms. The van der Waals surface area contributed by atoms with E-state index in [9.17, 15) is 10.0 Å². The molecular formula is C23H27ClN8O3. The molecule has 0 spiro atoms. The highest BCUT2D eigenvalue weighted by Crippen LogP contribution is 2.32. The number of likely N-dealkylation sites (N-methyl/N-ethyl adjacent to an activating group) is 1. The van der Waals surface area contributed by atoms with Gasteiger partial charge in [0.25, 0.3) is 0 Å². The van der Waals surface area contributed by atoms with Crippen LogP contribution >= 0.6 is 11.6 Å². The molecule has 3 heterocycles. The summed E-state index contributed by atoms with van der Waals surface area (Å²) in [5.41, 5.74) is 7.97. The van der Waals surface area contributed by atoms with Gasteiger partial charge in [-0.1, -0.05) is 23.7 Å². The monoisotopic (exact) mass is 498 g/mol. The van der Waals surface area contributed by atoms with Crippen LogP contribution in [0.4, 0.5) is 28.8 Å². The summed E-state index contributed by atoms with van der Waals surface area (Å²) in [4.78, 5) is 25.4. The van der Waals surface area contributed by atoms with Crippen LogP contribution in [0.25, 0.3) is 11.3 Å². The van der Waals surface area contributed by atoms with Gasteiger partial charge in [-0.3, -0.25) is 9.69 Å². The quantitative estimate of drug-likeness (QED) is 0.230. The van der Waals surface area contributed by atoms with Crippen molar-refractivity contribution < 1.29 is 15.2 Å². The Kier molecular flexibility index (Phi) is 7.63. The number of nitrogens with one attached hydrogen (secondary N) is 3. The lowest BCUT2D eigenvalue weighted by Crippen LogP contribution is -2.99. The lowest BCUT2D eigenvalue weighted by atomic mass is 10.1. The molecule has 3 aromatic rings. The fraction of sp³-hybridized carbons (Fsp3) is 0.261. The number of halogens is 1. The normalized spacial score (nSPS) is 15.2. The van der Waals surface area contributed by atoms with Crippen LogP contribution < -0.4 is 26.5 Å². The topological polar surface area (TPSA) is 147 Å². The van der Waals surface area contributed by atoms with Gasteiger partial charge < -0.3 is 26.5 Å². The van der Waals surface area contributed by atoms with Crippen LogP contribution in [0.15, 0.2) is 48.5 Å². The van der Waals surface area contributed by atoms with Crippen molar-refractivity contribution in [2.24, 2.45) is 0 Å². The van der Waals surface area contributed by atoms with Crippen LogP contribution in [0.5, 0.6) is 0 Å². The first-order chi connectivity index (χ1) is 16.8. The van der Waals surface area contributed by atoms with Crippen molar-refractivity contribution in [3.05, 3.63) is 58.8 Å². The number of hydrogen-bond donors (Lipinski definition) is 5. The first kappa shape index (κ1) is 24.6. The van der Waals surface area contributed by atoms with Gasteiger partial charge in [0.05, 0.1) is 17.9 Å². The van der Waals surface area contributed by atoms with E-state index in [1.807, 2.05) is 36.2 Å². The number of rotatable bonds is 8. The van der Waals surface area contributed by atoms with Crippen molar-refractivity contribution in [2.75, 3.05) is 61.0 Å². The van der Waals surface area contributed by atoms with E-state index < -0.39 is 5.23 Å². The minimum absolute atomic E-state index is 0.0290. The maximum Gasteiger partial charge on any atom is 0.241 e. The molecule has 35 heavy (non-hydrogen) atoms. The summed E-state index contributed by atoms with van der Waals surface area (Å²) < 4.78 is 0. The van der Waals surface area contributed by atoms with E-state index in [0.29, 0.717) is 48.5 Å². The number of piperazine rings is 1. The van der Waals surface area contributed by atoms with Crippen LogP contribution in [0.2, 0.25) is 5.02 Å². The Bertz CT molecular complexity index is 1190. The van der Waals surface area contributed by atoms with Crippen LogP contribution in [0, 0.1) is 5.21 Å². The standard InChI is InChI=1S/C23H27ClN8O3/c1-30-12-13-31(21(33)14-30)17-6-8-19(28-22(17)15-2-4-16(24)5-3-15)26-10-11-27-20-9-7-18(32(34)35)23(25)29-20/h2-9,32,34H,10-14H2,1H3,(H,26,28)(H3,25,27,29). The first-order valence-electron chi connectivity index (χ1n) is 11.1. The summed E-state index contributed by atoms with van der Waals surface area (Å²) in [7, 11) is 1.93. The molecule has 184 valence electrons. The Morgan fingerprint density at radius 2 is 1.71 bits per heavy atom. The van der Waals surface area contributed by atoms with E-state index in [-0.39, 0.29) is 17.4 Å². The molecule has 1 amide bonds. The molecule has 0 aliphatic carbocycles. The Balaban J connectivity index is 1.47. The highest BCUT2D eigenvalue weighted by atomic mass is 35.5. The Morgan fingerprint density at radius 1 is 1.06 bits per heavy atom. The fourth-order valence-corrected chi connectivity index (χ4v) is 3.90. The highest BCUT2D eigenvalue weighted by Gasteiger charge is 2.26. The lowest BCUT2D eigenvalue weighted by Gasteiger charge is -2.33. The van der Waals surface area contributed by atoms with Crippen molar-refractivity contribution in [2.45, 2.75) is 0 Å². The number of nitrogens with two attached hydrogens (primary N) is 1. The molecule has 0 saturated carbocycles. The SMILES string of the molecule is CN1CCN(c2ccc(NCCNc3ccc([NH+]([O-])O)c(N)n3)nc2-c2ccc(Cl)cc2)C(=O)C1. The van der Waals surface area contributed by atoms with Gasteiger partial charge in [0.15, 0.2) is 5.82 Å². The molecule has 1 saturated heterocycles. The number of nitrogen functional groups attached to an aromatic ring is 1. The van der Waals surface area contributed by atoms with Gasteiger partial charge in [-0.15, -0.1) is 0 Å². The summed E-state index contributed by atoms with van der Waals surface area (Å²) in [6, 6.07) is 14.1. The number of quaternary nitrogens is 1. The zero-order valence-corrected chi connectivity index (χ0v) is 19.9. The molecule has 1 fully saturated rings. The molecule has 0 radical (unpaired) electrons. The van der Waals surface area contributed by atoms with E-state index in [2.05, 4.69) is 15.6 Å². The van der Waals surface area contributed by atoms with E-state index in [0.717, 1.165) is 17.8 Å². The molecule has 11 nitrogen and oxygen atoms in total. The van der Waals surface area contributed by atoms with Crippen molar-refractivity contribution in [3.63, 3.8) is 0 Å². The second-order valence-electron chi connectivity index (χ2n) is 8.14. The summed E-state index contributed by atoms with van der Waals surface area (Å²) in [6.07, 6.45) is 0. The summed E-state index contributed by atoms with van der Waals surface area (Å²) in [5.74, 6) is 1.11. The molecule has 1 aliphatic heterocycles. The number of anilines is 4. The molecule has 12 heteroatoms. The minimum atomic E-state index is -1.12. The second kappa shape index (κ2) is 10.8. The Morgan fingerprint density at radius 3 is 2.34 bits per heavy atom. The van der Waals surface area contributed by atoms with Crippen molar-refractivity contribution in [3.8, 4) is 11.3 Å². The molecule has 1 unspecified atom stereocenters. The number of carbonyl (C=O) groups excluding carboxylic acids is 1. The van der Waals surface area contributed by atoms with Crippen LogP contribution in [0.1, 0.15) is 0 Å². The molecule has 6 N–H and O–H groups in total. The number of aromatic nitrogens is 2. The fourth-order valence-electron chi connectivity index (χ4n) is 3.77. The zero-order valence-electron chi connectivity index (χ0n) is 19.2. The molecule has 4 rings (SSSR count). The number of hydrogen-bond acceptors (Lipinski definition) is 9. The average molecular weight is 499 g/mol. The predicted molar refractivity (Wildman–Crippen MR) is 136 cm³/mol. The average Bonchev–Trinajstić information content (AvgIpc) is 2.82. The van der Waals surface area contributed by atoms with Gasteiger partial charge in [-0.2, -0.15) is 5.23 Å². The molecule has 1 atom stereocenters. The van der Waals surface area contributed by atoms with E-state index in [4.69, 9.17) is 27.5 Å². The maximum absolute atomic E-state index is 12.7. The molecule has 1 aromatic carbocycles. The molecule has 2 aromatic heterocycles. The zero-order chi connectivity index (χ0) is 24.9. The maximum atomic E-state index is 12.7. The number of carbonyl (C=O) groups is 1. The van der Waals surface area contributed by atoms with Crippen LogP contribution in [0.3, 0.4) is 0 Å². The third-order valence-electron chi connectivity index (χ3n) is 5.59. The van der Waals surface area contributed by atoms with Crippen LogP contribution in [-0.4, -0.2) is 65.8 Å². The summed E-state index contributed by atoms with van der Waals surface area (Å²) in [6.45, 7) is 2.74. The van der Waals surface area contributed by atoms with E-state index >= 15 is 0 Å². The molecular weight excluding hydrogens is 472 g/mol. The van der Waals surface area contributed by atoms with E-state index in [1.165, 1.54) is 6.07 Å². The van der Waals surface area contributed by atoms with Gasteiger partial charge >= 0.3 is 0 Å². The van der Waals surface area contributed by atoms with Gasteiger partial charge in [0, 0.05) is 42.8 Å². The lowest BCUT2D eigenvalue weighted by molar-refractivity contribution is -0.990. The summed E-state index contributed by atoms with van der Waals surface area (Å²) in [5, 5.41) is 26.0. The number of benzene rings is 1. The van der Waals surface area contributed by atoms with Gasteiger partial charge in [-0.25, -0.2) is 15.2 Å². The first-order valence-corrected chi connectivity index (χ1v) is 11.4. The van der Waals surface area contributed by atoms with Gasteiger partial charge in [-0.05, 0) is 37.4 Å². The second-order valence-corrected chi connectivity index (χ2v) is 8.58. The molecule has 1 aliphatic rings. The van der Waals surface area contributed by atoms with Crippen molar-refractivity contribution >= 4 is 46.3 Å². The van der Waals surface area contributed by atoms with Gasteiger partial charge in [0.2, 0.25) is 11.6 Å². The minimum Gasteiger partial charge on any atom is -0.595 e. The van der Waals surface area contributed by atoms with E-state index in [1.54, 1.807) is 23.1 Å². The van der Waals surface area contributed by atoms with Crippen LogP contribution in [-0.2, 0) is 4.79 Å². The largest absolute Gasteiger partial charge is 0.595 e. The predicted octanol–water partition coefficient (Wildman–Crippen LogP) is 1.59. The third-order valence-corrected chi connectivity index (χ3v) is 5.84. The Hall–Kier alpha value is -3.48. The van der Waals surface area contributed by atoms with Crippen molar-refractivity contribution in [1.82, 2.24) is 14.9 Å². The Labute approximate surface area is 207 Å². The number of nitrogens with zero attached hydrogens (tertiary/aromatic N) is 4. The summed E-state index contributed by atoms with van der Waals surface area (Å²) >= 11 is 6.08. The number of pyridine rings is 2. The van der Waals surface area contributed by atoms with Gasteiger partial charge in [0.1, 0.15) is 11.6 Å². The third kappa shape index (κ3) is 5.96. The highest BCUT2D eigenvalue weighted by molar-refractivity contribution is 6.30. The smallest absolute Gasteiger partial charge is 0.241 e.